The SMILES string of the molecule is O=P(O)(O)OC(O)O.[H-].[K+]. The van der Waals surface area contributed by atoms with Crippen molar-refractivity contribution in [1.82, 2.24) is 0 Å². The molecule has 0 fully saturated rings. The summed E-state index contributed by atoms with van der Waals surface area (Å²) in [5.41, 5.74) is 0. The third-order valence-electron chi connectivity index (χ3n) is 0.232. The van der Waals surface area contributed by atoms with Crippen LogP contribution in [0.15, 0.2) is 0 Å². The Labute approximate surface area is 95.0 Å². The smallest absolute Gasteiger partial charge is 1.00 e. The molecular formula is CH6KO6P. The van der Waals surface area contributed by atoms with E-state index in [1.54, 1.807) is 0 Å². The average Bonchev–Trinajstić information content (AvgIpc) is 1.21. The van der Waals surface area contributed by atoms with Gasteiger partial charge in [-0.3, -0.25) is 0 Å². The topological polar surface area (TPSA) is 107 Å². The fourth-order valence-corrected chi connectivity index (χ4v) is 0.368. The second-order valence-electron chi connectivity index (χ2n) is 0.922. The molecule has 6 nitrogen and oxygen atoms in total. The fraction of sp³-hybridized carbons (Fsp3) is 1.00. The van der Waals surface area contributed by atoms with Crippen LogP contribution in [0.1, 0.15) is 1.43 Å². The van der Waals surface area contributed by atoms with Gasteiger partial charge in [0.25, 0.3) is 6.48 Å². The molecule has 0 aromatic rings. The van der Waals surface area contributed by atoms with Gasteiger partial charge >= 0.3 is 59.2 Å². The quantitative estimate of drug-likeness (QED) is 0.196. The molecule has 0 amide bonds. The first-order valence-corrected chi connectivity index (χ1v) is 3.05. The summed E-state index contributed by atoms with van der Waals surface area (Å²) in [6, 6.07) is 0. The predicted octanol–water partition coefficient (Wildman–Crippen LogP) is -4.52. The van der Waals surface area contributed by atoms with Crippen LogP contribution in [0.25, 0.3) is 0 Å². The Kier molecular flexibility index (Phi) is 7.86. The van der Waals surface area contributed by atoms with Crippen molar-refractivity contribution in [3.63, 3.8) is 0 Å². The standard InChI is InChI=1S/CH5O6P.K.H/c2-1(3)7-8(4,5)6;;/h1-3H,(H2,4,5,6);;/q;+1;-1. The predicted molar refractivity (Wildman–Crippen MR) is 22.5 cm³/mol. The van der Waals surface area contributed by atoms with Gasteiger partial charge in [0.15, 0.2) is 0 Å². The second kappa shape index (κ2) is 5.33. The third-order valence-corrected chi connectivity index (χ3v) is 0.695. The maximum absolute atomic E-state index is 9.59. The number of phosphoric ester groups is 1. The van der Waals surface area contributed by atoms with Gasteiger partial charge in [0, 0.05) is 0 Å². The van der Waals surface area contributed by atoms with Crippen molar-refractivity contribution in [2.24, 2.45) is 0 Å². The Morgan fingerprint density at radius 1 is 1.44 bits per heavy atom. The summed E-state index contributed by atoms with van der Waals surface area (Å²) < 4.78 is 12.8. The van der Waals surface area contributed by atoms with Gasteiger partial charge in [-0.15, -0.1) is 0 Å². The van der Waals surface area contributed by atoms with E-state index in [9.17, 15) is 4.57 Å². The molecule has 4 N–H and O–H groups in total. The molecule has 0 bridgehead atoms. The normalized spacial score (nSPS) is 11.2. The van der Waals surface area contributed by atoms with E-state index >= 15 is 0 Å². The van der Waals surface area contributed by atoms with Crippen molar-refractivity contribution in [2.45, 2.75) is 6.48 Å². The molecule has 0 radical (unpaired) electrons. The first-order valence-electron chi connectivity index (χ1n) is 1.52. The minimum Gasteiger partial charge on any atom is -1.00 e. The molecule has 0 aromatic heterocycles. The molecule has 0 saturated heterocycles. The van der Waals surface area contributed by atoms with E-state index in [1.807, 2.05) is 0 Å². The summed E-state index contributed by atoms with van der Waals surface area (Å²) in [6.07, 6.45) is 0. The minimum atomic E-state index is -4.72. The molecular weight excluding hydrogens is 178 g/mol. The van der Waals surface area contributed by atoms with E-state index in [4.69, 9.17) is 20.0 Å². The van der Waals surface area contributed by atoms with Crippen LogP contribution in [0.5, 0.6) is 0 Å². The van der Waals surface area contributed by atoms with Crippen molar-refractivity contribution >= 4 is 7.82 Å². The van der Waals surface area contributed by atoms with Crippen molar-refractivity contribution in [3.8, 4) is 0 Å². The van der Waals surface area contributed by atoms with Crippen LogP contribution in [0, 0.1) is 0 Å². The number of aliphatic hydroxyl groups excluding tert-OH is 1. The molecule has 0 saturated carbocycles. The molecule has 0 aliphatic heterocycles. The van der Waals surface area contributed by atoms with Crippen LogP contribution in [-0.2, 0) is 9.09 Å². The summed E-state index contributed by atoms with van der Waals surface area (Å²) in [4.78, 5) is 15.5. The van der Waals surface area contributed by atoms with Crippen LogP contribution < -0.4 is 51.4 Å². The van der Waals surface area contributed by atoms with Crippen molar-refractivity contribution in [3.05, 3.63) is 0 Å². The summed E-state index contributed by atoms with van der Waals surface area (Å²) in [7, 11) is -4.72. The summed E-state index contributed by atoms with van der Waals surface area (Å²) >= 11 is 0. The first kappa shape index (κ1) is 13.3. The van der Waals surface area contributed by atoms with Gasteiger partial charge in [0.1, 0.15) is 0 Å². The minimum absolute atomic E-state index is 0. The van der Waals surface area contributed by atoms with E-state index in [1.165, 1.54) is 0 Å². The van der Waals surface area contributed by atoms with Gasteiger partial charge in [0.2, 0.25) is 0 Å². The average molecular weight is 184 g/mol. The molecule has 0 unspecified atom stereocenters. The summed E-state index contributed by atoms with van der Waals surface area (Å²) in [6.45, 7) is -2.42. The van der Waals surface area contributed by atoms with E-state index in [0.29, 0.717) is 0 Å². The zero-order chi connectivity index (χ0) is 6.78. The monoisotopic (exact) mass is 184 g/mol. The maximum Gasteiger partial charge on any atom is 1.00 e. The fourth-order valence-electron chi connectivity index (χ4n) is 0.123. The van der Waals surface area contributed by atoms with Gasteiger partial charge in [0.05, 0.1) is 0 Å². The van der Waals surface area contributed by atoms with Crippen LogP contribution >= 0.6 is 7.82 Å². The number of phosphoric acid groups is 1. The molecule has 0 aliphatic carbocycles. The van der Waals surface area contributed by atoms with E-state index in [-0.39, 0.29) is 52.8 Å². The van der Waals surface area contributed by atoms with Gasteiger partial charge in [-0.2, -0.15) is 0 Å². The van der Waals surface area contributed by atoms with Crippen LogP contribution in [0.4, 0.5) is 0 Å². The molecule has 9 heavy (non-hydrogen) atoms. The maximum atomic E-state index is 9.59. The number of hydrogen-bond acceptors (Lipinski definition) is 4. The van der Waals surface area contributed by atoms with Crippen molar-refractivity contribution in [1.29, 1.82) is 0 Å². The van der Waals surface area contributed by atoms with Crippen molar-refractivity contribution < 1.29 is 81.9 Å². The molecule has 0 spiro atoms. The molecule has 8 heteroatoms. The Bertz CT molecular complexity index is 110. The van der Waals surface area contributed by atoms with Gasteiger partial charge in [-0.05, 0) is 0 Å². The summed E-state index contributed by atoms with van der Waals surface area (Å²) in [5, 5.41) is 15.5. The number of aliphatic hydroxyl groups is 2. The van der Waals surface area contributed by atoms with Crippen LogP contribution in [0.3, 0.4) is 0 Å². The van der Waals surface area contributed by atoms with Crippen molar-refractivity contribution in [2.75, 3.05) is 0 Å². The molecule has 0 aliphatic rings. The van der Waals surface area contributed by atoms with Gasteiger partial charge in [-0.25, -0.2) is 9.09 Å². The zero-order valence-electron chi connectivity index (χ0n) is 5.63. The Morgan fingerprint density at radius 3 is 1.78 bits per heavy atom. The molecule has 0 rings (SSSR count). The molecule has 0 atom stereocenters. The number of hydrogen-bond donors (Lipinski definition) is 4. The molecule has 0 heterocycles. The Hall–Kier alpha value is 1.67. The first-order chi connectivity index (χ1) is 3.42. The van der Waals surface area contributed by atoms with E-state index < -0.39 is 14.3 Å². The number of rotatable bonds is 2. The largest absolute Gasteiger partial charge is 1.00 e. The van der Waals surface area contributed by atoms with Gasteiger partial charge in [-0.1, -0.05) is 0 Å². The Morgan fingerprint density at radius 2 is 1.78 bits per heavy atom. The molecule has 52 valence electrons. The Balaban J connectivity index is -0.000000245. The van der Waals surface area contributed by atoms with Crippen LogP contribution in [-0.4, -0.2) is 26.5 Å². The zero-order valence-corrected chi connectivity index (χ0v) is 8.65. The molecule has 0 aromatic carbocycles. The second-order valence-corrected chi connectivity index (χ2v) is 2.11. The van der Waals surface area contributed by atoms with E-state index in [0.717, 1.165) is 0 Å². The van der Waals surface area contributed by atoms with E-state index in [2.05, 4.69) is 4.52 Å². The van der Waals surface area contributed by atoms with Crippen LogP contribution in [0.2, 0.25) is 0 Å². The van der Waals surface area contributed by atoms with Gasteiger partial charge < -0.3 is 21.4 Å². The third kappa shape index (κ3) is 12.8. The summed E-state index contributed by atoms with van der Waals surface area (Å²) in [5.74, 6) is 0.